The van der Waals surface area contributed by atoms with E-state index < -0.39 is 5.97 Å². The normalized spacial score (nSPS) is 10.2. The van der Waals surface area contributed by atoms with Crippen LogP contribution in [0.3, 0.4) is 0 Å². The van der Waals surface area contributed by atoms with E-state index in [0.29, 0.717) is 22.8 Å². The standard InChI is InChI=1S/C21H20N4O3/c1-13-4-9-18(14(2)10-13)25-21-22-11-16(12-23-21)19(26)24-17-7-5-15(6-8-17)20(27)28-3/h4-12H,1-3H3,(H,24,26)(H,22,23,25). The fraction of sp³-hybridized carbons (Fsp3) is 0.143. The second kappa shape index (κ2) is 8.30. The maximum absolute atomic E-state index is 12.3. The topological polar surface area (TPSA) is 93.2 Å². The predicted molar refractivity (Wildman–Crippen MR) is 107 cm³/mol. The summed E-state index contributed by atoms with van der Waals surface area (Å²) in [5.74, 6) is -0.368. The van der Waals surface area contributed by atoms with Crippen molar-refractivity contribution in [3.63, 3.8) is 0 Å². The number of amides is 1. The van der Waals surface area contributed by atoms with Crippen LogP contribution in [0.5, 0.6) is 0 Å². The van der Waals surface area contributed by atoms with Crippen molar-refractivity contribution in [2.24, 2.45) is 0 Å². The van der Waals surface area contributed by atoms with Crippen molar-refractivity contribution >= 4 is 29.2 Å². The third-order valence-electron chi connectivity index (χ3n) is 4.11. The lowest BCUT2D eigenvalue weighted by Crippen LogP contribution is -2.13. The number of hydrogen-bond donors (Lipinski definition) is 2. The highest BCUT2D eigenvalue weighted by Crippen LogP contribution is 2.19. The number of carbonyl (C=O) groups excluding carboxylic acids is 2. The maximum Gasteiger partial charge on any atom is 0.337 e. The summed E-state index contributed by atoms with van der Waals surface area (Å²) in [5.41, 5.74) is 4.45. The molecule has 7 heteroatoms. The Labute approximate surface area is 162 Å². The molecule has 3 rings (SSSR count). The number of methoxy groups -OCH3 is 1. The van der Waals surface area contributed by atoms with Crippen LogP contribution in [-0.4, -0.2) is 29.0 Å². The fourth-order valence-electron chi connectivity index (χ4n) is 2.59. The lowest BCUT2D eigenvalue weighted by atomic mass is 10.1. The number of nitrogens with zero attached hydrogens (tertiary/aromatic N) is 2. The first kappa shape index (κ1) is 19.0. The van der Waals surface area contributed by atoms with Crippen molar-refractivity contribution in [1.82, 2.24) is 9.97 Å². The minimum absolute atomic E-state index is 0.322. The summed E-state index contributed by atoms with van der Waals surface area (Å²) in [6, 6.07) is 12.4. The summed E-state index contributed by atoms with van der Waals surface area (Å²) < 4.78 is 4.64. The van der Waals surface area contributed by atoms with Gasteiger partial charge in [-0.05, 0) is 49.7 Å². The van der Waals surface area contributed by atoms with Gasteiger partial charge in [0.25, 0.3) is 5.91 Å². The van der Waals surface area contributed by atoms with Gasteiger partial charge < -0.3 is 15.4 Å². The molecular weight excluding hydrogens is 356 g/mol. The Morgan fingerprint density at radius 3 is 2.21 bits per heavy atom. The largest absolute Gasteiger partial charge is 0.465 e. The Morgan fingerprint density at radius 1 is 0.929 bits per heavy atom. The van der Waals surface area contributed by atoms with Gasteiger partial charge in [0.1, 0.15) is 0 Å². The molecule has 0 spiro atoms. The van der Waals surface area contributed by atoms with Crippen LogP contribution in [0.25, 0.3) is 0 Å². The molecule has 0 aliphatic carbocycles. The van der Waals surface area contributed by atoms with Gasteiger partial charge in [0.15, 0.2) is 0 Å². The molecule has 2 N–H and O–H groups in total. The van der Waals surface area contributed by atoms with Crippen LogP contribution in [0.15, 0.2) is 54.9 Å². The van der Waals surface area contributed by atoms with Gasteiger partial charge in [-0.15, -0.1) is 0 Å². The van der Waals surface area contributed by atoms with E-state index in [1.165, 1.54) is 25.1 Å². The molecule has 7 nitrogen and oxygen atoms in total. The van der Waals surface area contributed by atoms with Crippen molar-refractivity contribution in [3.05, 3.63) is 77.1 Å². The highest BCUT2D eigenvalue weighted by atomic mass is 16.5. The summed E-state index contributed by atoms with van der Waals surface area (Å²) in [6.07, 6.45) is 2.91. The van der Waals surface area contributed by atoms with Crippen molar-refractivity contribution in [2.75, 3.05) is 17.7 Å². The van der Waals surface area contributed by atoms with Crippen LogP contribution in [-0.2, 0) is 4.74 Å². The van der Waals surface area contributed by atoms with Gasteiger partial charge in [0, 0.05) is 23.8 Å². The van der Waals surface area contributed by atoms with E-state index in [1.807, 2.05) is 26.0 Å². The Kier molecular flexibility index (Phi) is 5.64. The van der Waals surface area contributed by atoms with Crippen molar-refractivity contribution in [1.29, 1.82) is 0 Å². The third-order valence-corrected chi connectivity index (χ3v) is 4.11. The van der Waals surface area contributed by atoms with E-state index in [1.54, 1.807) is 24.3 Å². The molecule has 0 fully saturated rings. The quantitative estimate of drug-likeness (QED) is 0.657. The average Bonchev–Trinajstić information content (AvgIpc) is 2.70. The molecule has 1 heterocycles. The molecule has 1 amide bonds. The second-order valence-electron chi connectivity index (χ2n) is 6.26. The minimum Gasteiger partial charge on any atom is -0.465 e. The second-order valence-corrected chi connectivity index (χ2v) is 6.26. The minimum atomic E-state index is -0.432. The molecule has 0 unspecified atom stereocenters. The van der Waals surface area contributed by atoms with Crippen LogP contribution in [0.4, 0.5) is 17.3 Å². The SMILES string of the molecule is COC(=O)c1ccc(NC(=O)c2cnc(Nc3ccc(C)cc3C)nc2)cc1. The summed E-state index contributed by atoms with van der Waals surface area (Å²) >= 11 is 0. The van der Waals surface area contributed by atoms with Crippen LogP contribution in [0.2, 0.25) is 0 Å². The lowest BCUT2D eigenvalue weighted by molar-refractivity contribution is 0.0600. The third kappa shape index (κ3) is 4.50. The molecule has 2 aromatic carbocycles. The number of nitrogens with one attached hydrogen (secondary N) is 2. The van der Waals surface area contributed by atoms with Gasteiger partial charge in [-0.25, -0.2) is 14.8 Å². The number of anilines is 3. The molecular formula is C21H20N4O3. The van der Waals surface area contributed by atoms with Crippen LogP contribution >= 0.6 is 0 Å². The Morgan fingerprint density at radius 2 is 1.61 bits per heavy atom. The summed E-state index contributed by atoms with van der Waals surface area (Å²) in [4.78, 5) is 32.2. The smallest absolute Gasteiger partial charge is 0.337 e. The zero-order chi connectivity index (χ0) is 20.1. The zero-order valence-corrected chi connectivity index (χ0v) is 15.8. The number of rotatable bonds is 5. The highest BCUT2D eigenvalue weighted by molar-refractivity contribution is 6.04. The van der Waals surface area contributed by atoms with Crippen LogP contribution in [0.1, 0.15) is 31.8 Å². The molecule has 0 bridgehead atoms. The molecule has 3 aromatic rings. The van der Waals surface area contributed by atoms with Gasteiger partial charge in [-0.2, -0.15) is 0 Å². The summed E-state index contributed by atoms with van der Waals surface area (Å²) in [5, 5.41) is 5.88. The van der Waals surface area contributed by atoms with Crippen molar-refractivity contribution in [3.8, 4) is 0 Å². The molecule has 0 aliphatic heterocycles. The number of aromatic nitrogens is 2. The first-order valence-corrected chi connectivity index (χ1v) is 8.62. The molecule has 1 aromatic heterocycles. The highest BCUT2D eigenvalue weighted by Gasteiger charge is 2.10. The number of benzene rings is 2. The van der Waals surface area contributed by atoms with Crippen LogP contribution in [0, 0.1) is 13.8 Å². The van der Waals surface area contributed by atoms with Gasteiger partial charge in [-0.3, -0.25) is 4.79 Å². The molecule has 0 atom stereocenters. The number of aryl methyl sites for hydroxylation is 2. The van der Waals surface area contributed by atoms with E-state index >= 15 is 0 Å². The number of ether oxygens (including phenoxy) is 1. The predicted octanol–water partition coefficient (Wildman–Crippen LogP) is 3.88. The zero-order valence-electron chi connectivity index (χ0n) is 15.8. The van der Waals surface area contributed by atoms with Crippen LogP contribution < -0.4 is 10.6 Å². The Bertz CT molecular complexity index is 999. The van der Waals surface area contributed by atoms with Gasteiger partial charge in [0.2, 0.25) is 5.95 Å². The number of carbonyl (C=O) groups is 2. The maximum atomic E-state index is 12.3. The van der Waals surface area contributed by atoms with Gasteiger partial charge in [0.05, 0.1) is 18.2 Å². The summed E-state index contributed by atoms with van der Waals surface area (Å²) in [7, 11) is 1.32. The molecule has 0 saturated carbocycles. The average molecular weight is 376 g/mol. The molecule has 0 aliphatic rings. The first-order valence-electron chi connectivity index (χ1n) is 8.62. The molecule has 0 saturated heterocycles. The monoisotopic (exact) mass is 376 g/mol. The Balaban J connectivity index is 1.65. The van der Waals surface area contributed by atoms with Crippen molar-refractivity contribution < 1.29 is 14.3 Å². The molecule has 0 radical (unpaired) electrons. The van der Waals surface area contributed by atoms with E-state index in [-0.39, 0.29) is 5.91 Å². The van der Waals surface area contributed by atoms with E-state index in [2.05, 4.69) is 31.4 Å². The van der Waals surface area contributed by atoms with Gasteiger partial charge in [-0.1, -0.05) is 17.7 Å². The molecule has 142 valence electrons. The Hall–Kier alpha value is -3.74. The van der Waals surface area contributed by atoms with E-state index in [0.717, 1.165) is 11.3 Å². The molecule has 28 heavy (non-hydrogen) atoms. The van der Waals surface area contributed by atoms with E-state index in [9.17, 15) is 9.59 Å². The first-order chi connectivity index (χ1) is 13.5. The van der Waals surface area contributed by atoms with E-state index in [4.69, 9.17) is 0 Å². The fourth-order valence-corrected chi connectivity index (χ4v) is 2.59. The number of esters is 1. The van der Waals surface area contributed by atoms with Crippen molar-refractivity contribution in [2.45, 2.75) is 13.8 Å². The summed E-state index contributed by atoms with van der Waals surface area (Å²) in [6.45, 7) is 4.03. The van der Waals surface area contributed by atoms with Gasteiger partial charge >= 0.3 is 5.97 Å². The lowest BCUT2D eigenvalue weighted by Gasteiger charge is -2.09. The number of hydrogen-bond acceptors (Lipinski definition) is 6.